The van der Waals surface area contributed by atoms with Crippen LogP contribution in [0.2, 0.25) is 0 Å². The van der Waals surface area contributed by atoms with E-state index in [9.17, 15) is 18.0 Å². The van der Waals surface area contributed by atoms with E-state index in [-0.39, 0.29) is 11.4 Å². The zero-order valence-electron chi connectivity index (χ0n) is 26.4. The molecule has 3 aromatic carbocycles. The highest BCUT2D eigenvalue weighted by molar-refractivity contribution is 8.03. The predicted molar refractivity (Wildman–Crippen MR) is 190 cm³/mol. The van der Waals surface area contributed by atoms with Crippen LogP contribution in [-0.4, -0.2) is 82.9 Å². The second-order valence-electron chi connectivity index (χ2n) is 12.4. The number of likely N-dealkylation sites (tertiary alicyclic amines) is 1. The Morgan fingerprint density at radius 2 is 1.38 bits per heavy atom. The van der Waals surface area contributed by atoms with Crippen LogP contribution in [0.3, 0.4) is 0 Å². The molecule has 2 amide bonds. The number of hydrogen-bond donors (Lipinski definition) is 3. The van der Waals surface area contributed by atoms with Gasteiger partial charge in [-0.05, 0) is 61.2 Å². The summed E-state index contributed by atoms with van der Waals surface area (Å²) in [5.74, 6) is -0.710. The summed E-state index contributed by atoms with van der Waals surface area (Å²) in [5.41, 5.74) is 15.2. The van der Waals surface area contributed by atoms with Crippen LogP contribution in [-0.2, 0) is 19.6 Å². The van der Waals surface area contributed by atoms with Crippen molar-refractivity contribution in [2.75, 3.05) is 37.7 Å². The van der Waals surface area contributed by atoms with Gasteiger partial charge in [-0.1, -0.05) is 85.6 Å². The Kier molecular flexibility index (Phi) is 10.4. The zero-order valence-corrected chi connectivity index (χ0v) is 28.9. The lowest BCUT2D eigenvalue weighted by atomic mass is 9.81. The highest BCUT2D eigenvalue weighted by Crippen LogP contribution is 2.52. The zero-order chi connectivity index (χ0) is 33.1. The molecule has 4 unspecified atom stereocenters. The van der Waals surface area contributed by atoms with E-state index in [1.54, 1.807) is 24.3 Å². The molecule has 0 aliphatic carbocycles. The van der Waals surface area contributed by atoms with Crippen molar-refractivity contribution in [1.29, 1.82) is 0 Å². The average Bonchev–Trinajstić information content (AvgIpc) is 3.70. The second-order valence-corrected chi connectivity index (χ2v) is 16.9. The molecule has 4 atom stereocenters. The maximum atomic E-state index is 14.6. The van der Waals surface area contributed by atoms with E-state index < -0.39 is 43.5 Å². The molecule has 12 heteroatoms. The van der Waals surface area contributed by atoms with E-state index in [1.165, 1.54) is 27.8 Å². The van der Waals surface area contributed by atoms with E-state index in [2.05, 4.69) is 10.2 Å². The minimum absolute atomic E-state index is 0.0998. The fourth-order valence-corrected chi connectivity index (χ4v) is 12.4. The van der Waals surface area contributed by atoms with E-state index >= 15 is 0 Å². The number of nitrogens with two attached hydrogens (primary N) is 2. The van der Waals surface area contributed by atoms with Gasteiger partial charge in [0.25, 0.3) is 0 Å². The lowest BCUT2D eigenvalue weighted by Gasteiger charge is -2.47. The molecule has 0 radical (unpaired) electrons. The van der Waals surface area contributed by atoms with Crippen molar-refractivity contribution in [3.63, 3.8) is 0 Å². The van der Waals surface area contributed by atoms with Crippen LogP contribution in [0.1, 0.15) is 43.6 Å². The molecule has 3 fully saturated rings. The van der Waals surface area contributed by atoms with Crippen molar-refractivity contribution in [2.24, 2.45) is 11.5 Å². The van der Waals surface area contributed by atoms with Gasteiger partial charge >= 0.3 is 0 Å². The summed E-state index contributed by atoms with van der Waals surface area (Å²) in [7, 11) is -4.17. The van der Waals surface area contributed by atoms with Crippen LogP contribution in [0.25, 0.3) is 11.1 Å². The summed E-state index contributed by atoms with van der Waals surface area (Å²) in [5, 5.41) is 3.45. The standard InChI is InChI=1S/C35H43N5O4S3/c36-32(41)34(38-19-23-45-34)31(39-20-9-1-2-10-21-39)25-30(28-13-7-4-8-14-28)35(33(37)42)40(22-24-46-35)47(43,44)29-17-15-27(16-18-29)26-11-5-3-6-12-26/h3-8,11-18,30-31,38H,1-2,9-10,19-25H2,(H2,36,41)(H2,37,42). The second kappa shape index (κ2) is 14.3. The van der Waals surface area contributed by atoms with Gasteiger partial charge in [0.05, 0.1) is 4.90 Å². The maximum absolute atomic E-state index is 14.6. The van der Waals surface area contributed by atoms with Gasteiger partial charge in [-0.15, -0.1) is 23.5 Å². The van der Waals surface area contributed by atoms with E-state index in [4.69, 9.17) is 11.5 Å². The largest absolute Gasteiger partial charge is 0.367 e. The Morgan fingerprint density at radius 3 is 1.96 bits per heavy atom. The number of sulfonamides is 1. The van der Waals surface area contributed by atoms with Crippen LogP contribution in [0.15, 0.2) is 89.8 Å². The Bertz CT molecular complexity index is 1650. The third-order valence-electron chi connectivity index (χ3n) is 9.76. The van der Waals surface area contributed by atoms with E-state index in [1.807, 2.05) is 60.7 Å². The summed E-state index contributed by atoms with van der Waals surface area (Å²) in [6, 6.07) is 25.7. The van der Waals surface area contributed by atoms with Gasteiger partial charge in [0, 0.05) is 36.6 Å². The van der Waals surface area contributed by atoms with Crippen LogP contribution in [0.4, 0.5) is 0 Å². The van der Waals surface area contributed by atoms with Gasteiger partial charge in [-0.3, -0.25) is 19.8 Å². The van der Waals surface area contributed by atoms with Crippen molar-refractivity contribution in [3.8, 4) is 11.1 Å². The smallest absolute Gasteiger partial charge is 0.250 e. The number of carbonyl (C=O) groups excluding carboxylic acids is 2. The number of rotatable bonds is 11. The van der Waals surface area contributed by atoms with Crippen LogP contribution < -0.4 is 16.8 Å². The van der Waals surface area contributed by atoms with Gasteiger partial charge in [-0.25, -0.2) is 8.42 Å². The summed E-state index contributed by atoms with van der Waals surface area (Å²) in [6.45, 7) is 2.33. The molecule has 9 nitrogen and oxygen atoms in total. The first-order valence-electron chi connectivity index (χ1n) is 16.3. The number of primary amides is 2. The lowest BCUT2D eigenvalue weighted by molar-refractivity contribution is -0.124. The Labute approximate surface area is 286 Å². The third kappa shape index (κ3) is 6.48. The molecule has 0 bridgehead atoms. The molecule has 3 aliphatic rings. The van der Waals surface area contributed by atoms with Crippen molar-refractivity contribution < 1.29 is 18.0 Å². The normalized spacial score (nSPS) is 25.6. The van der Waals surface area contributed by atoms with Crippen molar-refractivity contribution in [1.82, 2.24) is 14.5 Å². The summed E-state index contributed by atoms with van der Waals surface area (Å²) in [6.07, 6.45) is 4.49. The lowest BCUT2D eigenvalue weighted by Crippen LogP contribution is -2.65. The molecular formula is C35H43N5O4S3. The molecule has 250 valence electrons. The number of thioether (sulfide) groups is 2. The number of nitrogens with zero attached hydrogens (tertiary/aromatic N) is 2. The van der Waals surface area contributed by atoms with E-state index in [0.29, 0.717) is 18.7 Å². The molecule has 0 spiro atoms. The average molecular weight is 694 g/mol. The Hall–Kier alpha value is -2.87. The van der Waals surface area contributed by atoms with Crippen molar-refractivity contribution in [3.05, 3.63) is 90.5 Å². The minimum Gasteiger partial charge on any atom is -0.367 e. The Balaban J connectivity index is 1.45. The molecule has 47 heavy (non-hydrogen) atoms. The molecule has 3 saturated heterocycles. The number of nitrogens with one attached hydrogen (secondary N) is 1. The molecule has 5 N–H and O–H groups in total. The molecule has 6 rings (SSSR count). The molecule has 0 aromatic heterocycles. The molecular weight excluding hydrogens is 651 g/mol. The van der Waals surface area contributed by atoms with Crippen molar-refractivity contribution in [2.45, 2.75) is 58.7 Å². The Morgan fingerprint density at radius 1 is 0.766 bits per heavy atom. The van der Waals surface area contributed by atoms with Crippen LogP contribution in [0, 0.1) is 0 Å². The minimum atomic E-state index is -4.17. The van der Waals surface area contributed by atoms with Gasteiger partial charge in [0.2, 0.25) is 21.8 Å². The maximum Gasteiger partial charge on any atom is 0.250 e. The monoisotopic (exact) mass is 693 g/mol. The first-order valence-corrected chi connectivity index (χ1v) is 19.7. The van der Waals surface area contributed by atoms with Crippen LogP contribution in [0.5, 0.6) is 0 Å². The fraction of sp³-hybridized carbons (Fsp3) is 0.429. The van der Waals surface area contributed by atoms with Gasteiger partial charge in [-0.2, -0.15) is 4.31 Å². The molecule has 0 saturated carbocycles. The third-order valence-corrected chi connectivity index (χ3v) is 14.8. The molecule has 3 aliphatic heterocycles. The molecule has 3 aromatic rings. The first kappa shape index (κ1) is 34.0. The highest BCUT2D eigenvalue weighted by atomic mass is 32.2. The summed E-state index contributed by atoms with van der Waals surface area (Å²) in [4.78, 5) is 27.1. The molecule has 3 heterocycles. The number of benzene rings is 3. The topological polar surface area (TPSA) is 139 Å². The number of carbonyl (C=O) groups is 2. The summed E-state index contributed by atoms with van der Waals surface area (Å²) < 4.78 is 30.5. The highest BCUT2D eigenvalue weighted by Gasteiger charge is 2.60. The summed E-state index contributed by atoms with van der Waals surface area (Å²) >= 11 is 2.80. The van der Waals surface area contributed by atoms with Crippen molar-refractivity contribution >= 4 is 45.4 Å². The fourth-order valence-electron chi connectivity index (χ4n) is 7.48. The SMILES string of the molecule is NC(=O)C1(C(CC(c2ccccc2)C2(C(N)=O)SCCN2S(=O)(=O)c2ccc(-c3ccccc3)cc2)N2CCCCCC2)NCCS1. The van der Waals surface area contributed by atoms with Gasteiger partial charge < -0.3 is 11.5 Å². The van der Waals surface area contributed by atoms with Crippen LogP contribution >= 0.6 is 23.5 Å². The quantitative estimate of drug-likeness (QED) is 0.272. The number of amides is 2. The van der Waals surface area contributed by atoms with Gasteiger partial charge in [0.15, 0.2) is 9.74 Å². The predicted octanol–water partition coefficient (Wildman–Crippen LogP) is 4.21. The first-order chi connectivity index (χ1) is 22.7. The van der Waals surface area contributed by atoms with E-state index in [0.717, 1.165) is 61.2 Å². The van der Waals surface area contributed by atoms with Gasteiger partial charge in [0.1, 0.15) is 0 Å². The number of hydrogen-bond acceptors (Lipinski definition) is 8.